The number of carbonyl (C=O) groups excluding carboxylic acids is 1. The lowest BCUT2D eigenvalue weighted by Crippen LogP contribution is -2.24. The first-order valence-electron chi connectivity index (χ1n) is 5.89. The van der Waals surface area contributed by atoms with Gasteiger partial charge in [0.2, 0.25) is 9.84 Å². The van der Waals surface area contributed by atoms with Crippen molar-refractivity contribution in [3.8, 4) is 0 Å². The molecule has 0 aromatic heterocycles. The molecule has 1 aromatic carbocycles. The summed E-state index contributed by atoms with van der Waals surface area (Å²) in [5.74, 6) is -0.279. The molecule has 1 aromatic rings. The lowest BCUT2D eigenvalue weighted by Gasteiger charge is -2.26. The van der Waals surface area contributed by atoms with E-state index in [4.69, 9.17) is 0 Å². The van der Waals surface area contributed by atoms with Crippen molar-refractivity contribution < 1.29 is 13.2 Å². The maximum Gasteiger partial charge on any atom is 0.209 e. The summed E-state index contributed by atoms with van der Waals surface area (Å²) in [6.45, 7) is 3.89. The first kappa shape index (κ1) is 13.0. The van der Waals surface area contributed by atoms with Gasteiger partial charge in [-0.3, -0.25) is 4.79 Å². The monoisotopic (exact) mass is 264 g/mol. The van der Waals surface area contributed by atoms with E-state index in [1.807, 2.05) is 13.8 Å². The van der Waals surface area contributed by atoms with E-state index in [0.717, 1.165) is 0 Å². The molecule has 0 spiro atoms. The van der Waals surface area contributed by atoms with Crippen molar-refractivity contribution >= 4 is 15.6 Å². The van der Waals surface area contributed by atoms with E-state index in [2.05, 4.69) is 0 Å². The highest BCUT2D eigenvalue weighted by Gasteiger charge is 2.33. The molecule has 0 N–H and O–H groups in total. The molecule has 0 unspecified atom stereocenters. The standard InChI is InChI=1S/C14H16O3S/c1-14(2)9-8-12(15)13(10-14)18(16,17)11-6-4-3-5-7-11/h3-7,10H,8-9H2,1-2H3. The second-order valence-corrected chi connectivity index (χ2v) is 7.15. The van der Waals surface area contributed by atoms with Gasteiger partial charge in [-0.25, -0.2) is 8.42 Å². The van der Waals surface area contributed by atoms with E-state index in [1.165, 1.54) is 12.1 Å². The average Bonchev–Trinajstić information content (AvgIpc) is 2.33. The Labute approximate surface area is 107 Å². The summed E-state index contributed by atoms with van der Waals surface area (Å²) in [6.07, 6.45) is 2.59. The van der Waals surface area contributed by atoms with Gasteiger partial charge in [0.1, 0.15) is 4.91 Å². The Morgan fingerprint density at radius 2 is 1.72 bits per heavy atom. The van der Waals surface area contributed by atoms with Gasteiger partial charge in [-0.05, 0) is 24.0 Å². The molecule has 0 heterocycles. The van der Waals surface area contributed by atoms with Crippen molar-refractivity contribution in [2.24, 2.45) is 5.41 Å². The van der Waals surface area contributed by atoms with Gasteiger partial charge in [0.05, 0.1) is 4.90 Å². The van der Waals surface area contributed by atoms with Gasteiger partial charge < -0.3 is 0 Å². The fraction of sp³-hybridized carbons (Fsp3) is 0.357. The number of hydrogen-bond acceptors (Lipinski definition) is 3. The van der Waals surface area contributed by atoms with Gasteiger partial charge in [-0.2, -0.15) is 0 Å². The lowest BCUT2D eigenvalue weighted by atomic mass is 9.82. The molecule has 0 fully saturated rings. The Morgan fingerprint density at radius 3 is 2.33 bits per heavy atom. The molecule has 0 atom stereocenters. The van der Waals surface area contributed by atoms with Crippen molar-refractivity contribution in [1.82, 2.24) is 0 Å². The number of sulfone groups is 1. The highest BCUT2D eigenvalue weighted by atomic mass is 32.2. The van der Waals surface area contributed by atoms with Crippen LogP contribution in [0.2, 0.25) is 0 Å². The molecular formula is C14H16O3S. The smallest absolute Gasteiger partial charge is 0.209 e. The maximum atomic E-state index is 12.4. The second-order valence-electron chi connectivity index (χ2n) is 5.24. The highest BCUT2D eigenvalue weighted by Crippen LogP contribution is 2.35. The third-order valence-corrected chi connectivity index (χ3v) is 4.95. The molecule has 0 amide bonds. The van der Waals surface area contributed by atoms with E-state index in [1.54, 1.807) is 24.3 Å². The molecular weight excluding hydrogens is 248 g/mol. The molecule has 0 saturated heterocycles. The molecule has 0 radical (unpaired) electrons. The van der Waals surface area contributed by atoms with Gasteiger partial charge in [0.15, 0.2) is 5.78 Å². The first-order chi connectivity index (χ1) is 8.33. The summed E-state index contributed by atoms with van der Waals surface area (Å²) >= 11 is 0. The molecule has 0 bridgehead atoms. The van der Waals surface area contributed by atoms with Crippen LogP contribution in [-0.4, -0.2) is 14.2 Å². The molecule has 4 heteroatoms. The Balaban J connectivity index is 2.54. The fourth-order valence-electron chi connectivity index (χ4n) is 2.02. The SMILES string of the molecule is CC1(C)C=C(S(=O)(=O)c2ccccc2)C(=O)CC1. The molecule has 1 aliphatic rings. The van der Waals surface area contributed by atoms with E-state index in [9.17, 15) is 13.2 Å². The third kappa shape index (κ3) is 2.38. The van der Waals surface area contributed by atoms with Crippen LogP contribution in [0, 0.1) is 5.41 Å². The van der Waals surface area contributed by atoms with Gasteiger partial charge in [0, 0.05) is 6.42 Å². The zero-order valence-electron chi connectivity index (χ0n) is 10.5. The molecule has 2 rings (SSSR count). The Kier molecular flexibility index (Phi) is 3.15. The van der Waals surface area contributed by atoms with Crippen LogP contribution in [0.5, 0.6) is 0 Å². The number of ketones is 1. The van der Waals surface area contributed by atoms with Crippen molar-refractivity contribution in [3.05, 3.63) is 41.3 Å². The van der Waals surface area contributed by atoms with E-state index < -0.39 is 9.84 Å². The van der Waals surface area contributed by atoms with Crippen LogP contribution in [-0.2, 0) is 14.6 Å². The second kappa shape index (κ2) is 4.35. The van der Waals surface area contributed by atoms with Crippen molar-refractivity contribution in [3.63, 3.8) is 0 Å². The number of benzene rings is 1. The van der Waals surface area contributed by atoms with Gasteiger partial charge in [-0.15, -0.1) is 0 Å². The largest absolute Gasteiger partial charge is 0.293 e. The lowest BCUT2D eigenvalue weighted by molar-refractivity contribution is -0.115. The van der Waals surface area contributed by atoms with Gasteiger partial charge in [0.25, 0.3) is 0 Å². The third-order valence-electron chi connectivity index (χ3n) is 3.14. The highest BCUT2D eigenvalue weighted by molar-refractivity contribution is 7.96. The van der Waals surface area contributed by atoms with Crippen molar-refractivity contribution in [2.75, 3.05) is 0 Å². The van der Waals surface area contributed by atoms with Crippen LogP contribution in [0.1, 0.15) is 26.7 Å². The predicted octanol–water partition coefficient (Wildman–Crippen LogP) is 2.73. The van der Waals surface area contributed by atoms with Crippen molar-refractivity contribution in [2.45, 2.75) is 31.6 Å². The zero-order valence-corrected chi connectivity index (χ0v) is 11.3. The topological polar surface area (TPSA) is 51.2 Å². The van der Waals surface area contributed by atoms with Crippen LogP contribution in [0.25, 0.3) is 0 Å². The number of hydrogen-bond donors (Lipinski definition) is 0. The summed E-state index contributed by atoms with van der Waals surface area (Å²) < 4.78 is 24.8. The molecule has 1 aliphatic carbocycles. The van der Waals surface area contributed by atoms with Crippen LogP contribution in [0.4, 0.5) is 0 Å². The Morgan fingerprint density at radius 1 is 1.11 bits per heavy atom. The summed E-state index contributed by atoms with van der Waals surface area (Å²) in [4.78, 5) is 12.0. The van der Waals surface area contributed by atoms with Gasteiger partial charge >= 0.3 is 0 Å². The minimum absolute atomic E-state index is 0.0510. The molecule has 18 heavy (non-hydrogen) atoms. The number of Topliss-reactive ketones (excluding diaryl/α,β-unsaturated/α-hetero) is 1. The number of carbonyl (C=O) groups is 1. The molecule has 96 valence electrons. The minimum atomic E-state index is -3.67. The van der Waals surface area contributed by atoms with Crippen LogP contribution in [0.3, 0.4) is 0 Å². The normalized spacial score (nSPS) is 19.4. The number of rotatable bonds is 2. The minimum Gasteiger partial charge on any atom is -0.293 e. The van der Waals surface area contributed by atoms with Crippen LogP contribution < -0.4 is 0 Å². The van der Waals surface area contributed by atoms with E-state index >= 15 is 0 Å². The number of allylic oxidation sites excluding steroid dienone is 2. The summed E-state index contributed by atoms with van der Waals surface area (Å²) in [5, 5.41) is 0. The van der Waals surface area contributed by atoms with E-state index in [0.29, 0.717) is 12.8 Å². The maximum absolute atomic E-state index is 12.4. The predicted molar refractivity (Wildman–Crippen MR) is 69.7 cm³/mol. The Hall–Kier alpha value is -1.42. The van der Waals surface area contributed by atoms with Gasteiger partial charge in [-0.1, -0.05) is 38.1 Å². The summed E-state index contributed by atoms with van der Waals surface area (Å²) in [6, 6.07) is 8.11. The van der Waals surface area contributed by atoms with E-state index in [-0.39, 0.29) is 21.0 Å². The quantitative estimate of drug-likeness (QED) is 0.825. The summed E-state index contributed by atoms with van der Waals surface area (Å²) in [7, 11) is -3.67. The first-order valence-corrected chi connectivity index (χ1v) is 7.37. The van der Waals surface area contributed by atoms with Crippen LogP contribution >= 0.6 is 0 Å². The average molecular weight is 264 g/mol. The molecule has 3 nitrogen and oxygen atoms in total. The fourth-order valence-corrected chi connectivity index (χ4v) is 3.67. The summed E-state index contributed by atoms with van der Waals surface area (Å²) in [5.41, 5.74) is -0.245. The van der Waals surface area contributed by atoms with Crippen LogP contribution in [0.15, 0.2) is 46.2 Å². The Bertz CT molecular complexity index is 595. The molecule has 0 aliphatic heterocycles. The zero-order chi connectivity index (χ0) is 13.4. The van der Waals surface area contributed by atoms with Crippen molar-refractivity contribution in [1.29, 1.82) is 0 Å². The molecule has 0 saturated carbocycles.